The number of amides is 1. The van der Waals surface area contributed by atoms with Crippen LogP contribution in [0.1, 0.15) is 5.56 Å². The van der Waals surface area contributed by atoms with E-state index >= 15 is 0 Å². The van der Waals surface area contributed by atoms with E-state index < -0.39 is 10.8 Å². The normalized spacial score (nSPS) is 11.0. The van der Waals surface area contributed by atoms with Gasteiger partial charge in [0.05, 0.1) is 11.1 Å². The fourth-order valence-corrected chi connectivity index (χ4v) is 2.49. The molecule has 0 saturated carbocycles. The number of non-ortho nitro benzene ring substituents is 1. The molecular formula is C18H16N4O4. The second kappa shape index (κ2) is 7.47. The van der Waals surface area contributed by atoms with Gasteiger partial charge in [-0.2, -0.15) is 5.10 Å². The number of ether oxygens (including phenoxy) is 1. The van der Waals surface area contributed by atoms with E-state index in [9.17, 15) is 14.9 Å². The number of hydrogen-bond acceptors (Lipinski definition) is 5. The minimum absolute atomic E-state index is 0.0403. The molecule has 3 rings (SSSR count). The highest BCUT2D eigenvalue weighted by Gasteiger charge is 2.07. The van der Waals surface area contributed by atoms with Crippen molar-refractivity contribution in [3.63, 3.8) is 0 Å². The Morgan fingerprint density at radius 2 is 2.00 bits per heavy atom. The van der Waals surface area contributed by atoms with E-state index in [0.29, 0.717) is 5.75 Å². The van der Waals surface area contributed by atoms with Gasteiger partial charge in [0.25, 0.3) is 11.6 Å². The lowest BCUT2D eigenvalue weighted by atomic mass is 10.2. The maximum absolute atomic E-state index is 11.8. The lowest BCUT2D eigenvalue weighted by Gasteiger charge is -2.04. The van der Waals surface area contributed by atoms with Crippen molar-refractivity contribution in [3.05, 3.63) is 70.4 Å². The zero-order valence-corrected chi connectivity index (χ0v) is 14.0. The summed E-state index contributed by atoms with van der Waals surface area (Å²) in [6, 6.07) is 13.4. The number of carbonyl (C=O) groups is 1. The Kier molecular flexibility index (Phi) is 4.93. The van der Waals surface area contributed by atoms with Crippen LogP contribution in [-0.4, -0.2) is 28.2 Å². The standard InChI is InChI=1S/C18H16N4O4/c1-21-11-13(16-4-2-3-5-17(16)21)10-19-20-18(23)12-26-15-8-6-14(7-9-15)22(24)25/h2-11H,12H2,1H3,(H,20,23). The van der Waals surface area contributed by atoms with E-state index in [2.05, 4.69) is 10.5 Å². The first kappa shape index (κ1) is 17.2. The summed E-state index contributed by atoms with van der Waals surface area (Å²) >= 11 is 0. The summed E-state index contributed by atoms with van der Waals surface area (Å²) in [6.07, 6.45) is 3.50. The maximum atomic E-state index is 11.8. The van der Waals surface area contributed by atoms with Gasteiger partial charge in [-0.15, -0.1) is 0 Å². The van der Waals surface area contributed by atoms with Crippen LogP contribution < -0.4 is 10.2 Å². The lowest BCUT2D eigenvalue weighted by molar-refractivity contribution is -0.384. The summed E-state index contributed by atoms with van der Waals surface area (Å²) in [5, 5.41) is 15.6. The van der Waals surface area contributed by atoms with E-state index in [-0.39, 0.29) is 12.3 Å². The number of carbonyl (C=O) groups excluding carboxylic acids is 1. The first-order chi connectivity index (χ1) is 12.5. The van der Waals surface area contributed by atoms with Crippen LogP contribution in [0.15, 0.2) is 59.8 Å². The molecule has 0 aliphatic rings. The highest BCUT2D eigenvalue weighted by molar-refractivity contribution is 5.99. The largest absolute Gasteiger partial charge is 0.484 e. The quantitative estimate of drug-likeness (QED) is 0.419. The Hall–Kier alpha value is -3.68. The third kappa shape index (κ3) is 3.86. The van der Waals surface area contributed by atoms with E-state index in [4.69, 9.17) is 4.74 Å². The molecule has 2 aromatic carbocycles. The van der Waals surface area contributed by atoms with Crippen LogP contribution in [0.3, 0.4) is 0 Å². The van der Waals surface area contributed by atoms with E-state index in [0.717, 1.165) is 16.5 Å². The van der Waals surface area contributed by atoms with Crippen molar-refractivity contribution in [1.82, 2.24) is 9.99 Å². The minimum atomic E-state index is -0.502. The van der Waals surface area contributed by atoms with Crippen molar-refractivity contribution in [2.24, 2.45) is 12.1 Å². The van der Waals surface area contributed by atoms with Gasteiger partial charge in [-0.3, -0.25) is 14.9 Å². The van der Waals surface area contributed by atoms with Crippen LogP contribution in [0.25, 0.3) is 10.9 Å². The molecule has 0 radical (unpaired) electrons. The molecule has 0 atom stereocenters. The number of benzene rings is 2. The van der Waals surface area contributed by atoms with Crippen molar-refractivity contribution < 1.29 is 14.5 Å². The molecular weight excluding hydrogens is 336 g/mol. The lowest BCUT2D eigenvalue weighted by Crippen LogP contribution is -2.24. The molecule has 0 fully saturated rings. The van der Waals surface area contributed by atoms with E-state index in [1.807, 2.05) is 42.1 Å². The Balaban J connectivity index is 1.55. The highest BCUT2D eigenvalue weighted by Crippen LogP contribution is 2.18. The van der Waals surface area contributed by atoms with E-state index in [1.54, 1.807) is 6.21 Å². The molecule has 3 aromatic rings. The van der Waals surface area contributed by atoms with Crippen molar-refractivity contribution in [1.29, 1.82) is 0 Å². The van der Waals surface area contributed by atoms with E-state index in [1.165, 1.54) is 24.3 Å². The molecule has 0 aliphatic carbocycles. The predicted octanol–water partition coefficient (Wildman–Crippen LogP) is 2.62. The van der Waals surface area contributed by atoms with Gasteiger partial charge >= 0.3 is 0 Å². The first-order valence-electron chi connectivity index (χ1n) is 7.78. The summed E-state index contributed by atoms with van der Waals surface area (Å²) in [6.45, 7) is -0.245. The Labute approximate surface area is 148 Å². The summed E-state index contributed by atoms with van der Waals surface area (Å²) in [5.41, 5.74) is 4.31. The van der Waals surface area contributed by atoms with Gasteiger partial charge in [-0.1, -0.05) is 18.2 Å². The van der Waals surface area contributed by atoms with Gasteiger partial charge in [0.2, 0.25) is 0 Å². The number of hydrazone groups is 1. The van der Waals surface area contributed by atoms with Gasteiger partial charge in [0, 0.05) is 41.8 Å². The monoisotopic (exact) mass is 352 g/mol. The number of nitro groups is 1. The third-order valence-electron chi connectivity index (χ3n) is 3.74. The SMILES string of the molecule is Cn1cc(C=NNC(=O)COc2ccc([N+](=O)[O-])cc2)c2ccccc21. The Morgan fingerprint density at radius 1 is 1.27 bits per heavy atom. The summed E-state index contributed by atoms with van der Waals surface area (Å²) in [7, 11) is 1.94. The average molecular weight is 352 g/mol. The number of fused-ring (bicyclic) bond motifs is 1. The van der Waals surface area contributed by atoms with Gasteiger partial charge < -0.3 is 9.30 Å². The molecule has 0 unspecified atom stereocenters. The zero-order chi connectivity index (χ0) is 18.5. The molecule has 1 amide bonds. The maximum Gasteiger partial charge on any atom is 0.277 e. The zero-order valence-electron chi connectivity index (χ0n) is 14.0. The average Bonchev–Trinajstić information content (AvgIpc) is 2.97. The number of para-hydroxylation sites is 1. The molecule has 0 aliphatic heterocycles. The number of hydrogen-bond donors (Lipinski definition) is 1. The molecule has 0 saturated heterocycles. The number of rotatable bonds is 6. The predicted molar refractivity (Wildman–Crippen MR) is 97.2 cm³/mol. The minimum Gasteiger partial charge on any atom is -0.484 e. The van der Waals surface area contributed by atoms with Crippen LogP contribution in [0.5, 0.6) is 5.75 Å². The van der Waals surface area contributed by atoms with Crippen molar-refractivity contribution >= 4 is 28.7 Å². The summed E-state index contributed by atoms with van der Waals surface area (Å²) in [4.78, 5) is 21.9. The molecule has 8 heteroatoms. The van der Waals surface area contributed by atoms with Crippen LogP contribution in [0, 0.1) is 10.1 Å². The van der Waals surface area contributed by atoms with Crippen molar-refractivity contribution in [2.75, 3.05) is 6.61 Å². The second-order valence-corrected chi connectivity index (χ2v) is 5.55. The number of nitrogens with zero attached hydrogens (tertiary/aromatic N) is 3. The number of aryl methyl sites for hydroxylation is 1. The first-order valence-corrected chi connectivity index (χ1v) is 7.78. The molecule has 0 spiro atoms. The topological polar surface area (TPSA) is 98.8 Å². The van der Waals surface area contributed by atoms with Crippen LogP contribution in [0.4, 0.5) is 5.69 Å². The van der Waals surface area contributed by atoms with Gasteiger partial charge in [0.15, 0.2) is 6.61 Å². The highest BCUT2D eigenvalue weighted by atomic mass is 16.6. The van der Waals surface area contributed by atoms with Crippen LogP contribution in [0.2, 0.25) is 0 Å². The number of nitrogens with one attached hydrogen (secondary N) is 1. The smallest absolute Gasteiger partial charge is 0.277 e. The van der Waals surface area contributed by atoms with Gasteiger partial charge in [-0.05, 0) is 18.2 Å². The van der Waals surface area contributed by atoms with Crippen LogP contribution >= 0.6 is 0 Å². The van der Waals surface area contributed by atoms with Crippen LogP contribution in [-0.2, 0) is 11.8 Å². The fourth-order valence-electron chi connectivity index (χ4n) is 2.49. The Morgan fingerprint density at radius 3 is 2.73 bits per heavy atom. The number of aromatic nitrogens is 1. The van der Waals surface area contributed by atoms with Crippen molar-refractivity contribution in [2.45, 2.75) is 0 Å². The number of nitro benzene ring substituents is 1. The molecule has 1 aromatic heterocycles. The summed E-state index contributed by atoms with van der Waals surface area (Å²) in [5.74, 6) is -0.0661. The molecule has 132 valence electrons. The molecule has 1 heterocycles. The second-order valence-electron chi connectivity index (χ2n) is 5.55. The Bertz CT molecular complexity index is 977. The fraction of sp³-hybridized carbons (Fsp3) is 0.111. The molecule has 26 heavy (non-hydrogen) atoms. The third-order valence-corrected chi connectivity index (χ3v) is 3.74. The molecule has 0 bridgehead atoms. The van der Waals surface area contributed by atoms with Crippen molar-refractivity contribution in [3.8, 4) is 5.75 Å². The summed E-state index contributed by atoms with van der Waals surface area (Å²) < 4.78 is 7.25. The molecule has 8 nitrogen and oxygen atoms in total. The van der Waals surface area contributed by atoms with Gasteiger partial charge in [-0.25, -0.2) is 5.43 Å². The molecule has 1 N–H and O–H groups in total. The van der Waals surface area contributed by atoms with Gasteiger partial charge in [0.1, 0.15) is 5.75 Å².